The third-order valence-corrected chi connectivity index (χ3v) is 4.48. The van der Waals surface area contributed by atoms with E-state index < -0.39 is 6.09 Å². The number of nitrogens with zero attached hydrogens (tertiary/aromatic N) is 2. The van der Waals surface area contributed by atoms with Gasteiger partial charge >= 0.3 is 6.09 Å². The first-order chi connectivity index (χ1) is 13.4. The highest BCUT2D eigenvalue weighted by molar-refractivity contribution is 6.04. The van der Waals surface area contributed by atoms with Gasteiger partial charge in [0, 0.05) is 42.3 Å². The van der Waals surface area contributed by atoms with E-state index in [1.807, 2.05) is 24.3 Å². The molecule has 0 atom stereocenters. The van der Waals surface area contributed by atoms with Crippen LogP contribution in [0.4, 0.5) is 21.9 Å². The Labute approximate surface area is 167 Å². The Bertz CT molecular complexity index is 786. The summed E-state index contributed by atoms with van der Waals surface area (Å²) >= 11 is 0. The molecule has 2 aromatic carbocycles. The number of anilines is 3. The first-order valence-corrected chi connectivity index (χ1v) is 9.56. The van der Waals surface area contributed by atoms with Crippen LogP contribution in [0.25, 0.3) is 0 Å². The number of carbonyl (C=O) groups excluding carboxylic acids is 2. The number of amides is 2. The van der Waals surface area contributed by atoms with Crippen molar-refractivity contribution in [2.75, 3.05) is 35.3 Å². The second-order valence-corrected chi connectivity index (χ2v) is 6.69. The molecular formula is C22H29N3O3. The summed E-state index contributed by atoms with van der Waals surface area (Å²) in [5.41, 5.74) is 3.04. The van der Waals surface area contributed by atoms with E-state index in [9.17, 15) is 9.59 Å². The normalized spacial score (nSPS) is 10.5. The van der Waals surface area contributed by atoms with Gasteiger partial charge in [0.1, 0.15) is 0 Å². The van der Waals surface area contributed by atoms with Crippen molar-refractivity contribution in [2.45, 2.75) is 33.7 Å². The zero-order chi connectivity index (χ0) is 20.7. The van der Waals surface area contributed by atoms with Gasteiger partial charge in [0.2, 0.25) is 0 Å². The topological polar surface area (TPSA) is 61.9 Å². The number of hydrogen-bond donors (Lipinski definition) is 1. The molecule has 0 aliphatic rings. The Morgan fingerprint density at radius 1 is 0.964 bits per heavy atom. The monoisotopic (exact) mass is 383 g/mol. The third kappa shape index (κ3) is 5.25. The molecule has 0 saturated heterocycles. The summed E-state index contributed by atoms with van der Waals surface area (Å²) in [6, 6.07) is 15.0. The molecule has 0 saturated carbocycles. The van der Waals surface area contributed by atoms with E-state index in [2.05, 4.69) is 31.0 Å². The molecule has 6 nitrogen and oxygen atoms in total. The molecule has 150 valence electrons. The molecule has 0 aromatic heterocycles. The van der Waals surface area contributed by atoms with Crippen LogP contribution in [0.1, 0.15) is 38.1 Å². The molecule has 0 bridgehead atoms. The van der Waals surface area contributed by atoms with Crippen LogP contribution in [0.2, 0.25) is 0 Å². The van der Waals surface area contributed by atoms with Gasteiger partial charge in [-0.2, -0.15) is 0 Å². The van der Waals surface area contributed by atoms with Crippen LogP contribution < -0.4 is 15.1 Å². The highest BCUT2D eigenvalue weighted by atomic mass is 16.6. The van der Waals surface area contributed by atoms with Crippen molar-refractivity contribution in [3.05, 3.63) is 54.1 Å². The SMILES string of the molecule is CCOC(=O)N(C)c1ccc(NC(=O)c2ccc(N(CC)C(C)C)cc2)cc1. The van der Waals surface area contributed by atoms with Crippen LogP contribution in [0.3, 0.4) is 0 Å². The van der Waals surface area contributed by atoms with E-state index in [1.54, 1.807) is 38.2 Å². The van der Waals surface area contributed by atoms with Crippen LogP contribution in [-0.4, -0.2) is 38.2 Å². The molecule has 6 heteroatoms. The molecule has 0 aliphatic carbocycles. The maximum absolute atomic E-state index is 12.5. The molecule has 0 unspecified atom stereocenters. The van der Waals surface area contributed by atoms with Gasteiger partial charge in [-0.15, -0.1) is 0 Å². The van der Waals surface area contributed by atoms with Crippen LogP contribution in [-0.2, 0) is 4.74 Å². The molecule has 28 heavy (non-hydrogen) atoms. The maximum atomic E-state index is 12.5. The van der Waals surface area contributed by atoms with E-state index in [1.165, 1.54) is 4.90 Å². The molecule has 0 heterocycles. The summed E-state index contributed by atoms with van der Waals surface area (Å²) < 4.78 is 4.97. The van der Waals surface area contributed by atoms with Gasteiger partial charge in [-0.25, -0.2) is 4.79 Å². The summed E-state index contributed by atoms with van der Waals surface area (Å²) in [5.74, 6) is -0.175. The summed E-state index contributed by atoms with van der Waals surface area (Å²) in [7, 11) is 1.64. The van der Waals surface area contributed by atoms with E-state index in [0.717, 1.165) is 12.2 Å². The van der Waals surface area contributed by atoms with Crippen molar-refractivity contribution in [3.8, 4) is 0 Å². The molecule has 2 rings (SSSR count). The molecule has 2 amide bonds. The standard InChI is InChI=1S/C22H29N3O3/c1-6-25(16(3)4)20-12-8-17(9-13-20)21(26)23-18-10-14-19(15-11-18)24(5)22(27)28-7-2/h8-16H,6-7H2,1-5H3,(H,23,26). The quantitative estimate of drug-likeness (QED) is 0.748. The number of carbonyl (C=O) groups is 2. The molecule has 0 fully saturated rings. The Hall–Kier alpha value is -3.02. The molecule has 0 aliphatic heterocycles. The van der Waals surface area contributed by atoms with Crippen LogP contribution in [0.15, 0.2) is 48.5 Å². The van der Waals surface area contributed by atoms with Gasteiger partial charge in [-0.1, -0.05) is 0 Å². The van der Waals surface area contributed by atoms with Gasteiger partial charge in [0.15, 0.2) is 0 Å². The van der Waals surface area contributed by atoms with Crippen molar-refractivity contribution in [3.63, 3.8) is 0 Å². The van der Waals surface area contributed by atoms with Gasteiger partial charge in [-0.05, 0) is 76.2 Å². The minimum absolute atomic E-state index is 0.175. The number of hydrogen-bond acceptors (Lipinski definition) is 4. The fourth-order valence-electron chi connectivity index (χ4n) is 2.95. The van der Waals surface area contributed by atoms with E-state index in [4.69, 9.17) is 4.74 Å². The Morgan fingerprint density at radius 2 is 1.54 bits per heavy atom. The summed E-state index contributed by atoms with van der Waals surface area (Å²) in [6.07, 6.45) is -0.415. The predicted octanol–water partition coefficient (Wildman–Crippen LogP) is 4.77. The highest BCUT2D eigenvalue weighted by Gasteiger charge is 2.13. The minimum Gasteiger partial charge on any atom is -0.449 e. The Balaban J connectivity index is 2.03. The largest absolute Gasteiger partial charge is 0.449 e. The Morgan fingerprint density at radius 3 is 2.04 bits per heavy atom. The molecule has 2 aromatic rings. The average Bonchev–Trinajstić information content (AvgIpc) is 2.69. The first-order valence-electron chi connectivity index (χ1n) is 9.56. The van der Waals surface area contributed by atoms with Crippen molar-refractivity contribution >= 4 is 29.1 Å². The van der Waals surface area contributed by atoms with Gasteiger partial charge < -0.3 is 15.0 Å². The van der Waals surface area contributed by atoms with Gasteiger partial charge in [0.25, 0.3) is 5.91 Å². The van der Waals surface area contributed by atoms with Crippen molar-refractivity contribution in [1.82, 2.24) is 0 Å². The van der Waals surface area contributed by atoms with Crippen molar-refractivity contribution in [2.24, 2.45) is 0 Å². The van der Waals surface area contributed by atoms with Crippen molar-refractivity contribution < 1.29 is 14.3 Å². The predicted molar refractivity (Wildman–Crippen MR) is 114 cm³/mol. The summed E-state index contributed by atoms with van der Waals surface area (Å²) in [5, 5.41) is 2.88. The first kappa shape index (κ1) is 21.3. The fourth-order valence-corrected chi connectivity index (χ4v) is 2.95. The van der Waals surface area contributed by atoms with Crippen LogP contribution in [0, 0.1) is 0 Å². The maximum Gasteiger partial charge on any atom is 0.413 e. The number of rotatable bonds is 7. The molecule has 0 spiro atoms. The number of nitrogens with one attached hydrogen (secondary N) is 1. The van der Waals surface area contributed by atoms with Crippen molar-refractivity contribution in [1.29, 1.82) is 0 Å². The van der Waals surface area contributed by atoms with Gasteiger partial charge in [0.05, 0.1) is 6.61 Å². The zero-order valence-electron chi connectivity index (χ0n) is 17.2. The summed E-state index contributed by atoms with van der Waals surface area (Å²) in [6.45, 7) is 9.41. The number of ether oxygens (including phenoxy) is 1. The number of benzene rings is 2. The molecular weight excluding hydrogens is 354 g/mol. The second-order valence-electron chi connectivity index (χ2n) is 6.69. The van der Waals surface area contributed by atoms with Gasteiger partial charge in [-0.3, -0.25) is 9.69 Å². The minimum atomic E-state index is -0.415. The average molecular weight is 383 g/mol. The third-order valence-electron chi connectivity index (χ3n) is 4.48. The highest BCUT2D eigenvalue weighted by Crippen LogP contribution is 2.20. The summed E-state index contributed by atoms with van der Waals surface area (Å²) in [4.78, 5) is 27.9. The second kappa shape index (κ2) is 9.78. The van der Waals surface area contributed by atoms with E-state index in [-0.39, 0.29) is 5.91 Å². The molecule has 1 N–H and O–H groups in total. The lowest BCUT2D eigenvalue weighted by Crippen LogP contribution is -2.30. The fraction of sp³-hybridized carbons (Fsp3) is 0.364. The van der Waals surface area contributed by atoms with E-state index >= 15 is 0 Å². The lowest BCUT2D eigenvalue weighted by molar-refractivity contribution is 0.102. The van der Waals surface area contributed by atoms with Crippen LogP contribution in [0.5, 0.6) is 0 Å². The zero-order valence-corrected chi connectivity index (χ0v) is 17.2. The smallest absolute Gasteiger partial charge is 0.413 e. The lowest BCUT2D eigenvalue weighted by atomic mass is 10.1. The molecule has 0 radical (unpaired) electrons. The van der Waals surface area contributed by atoms with Crippen LogP contribution >= 0.6 is 0 Å². The lowest BCUT2D eigenvalue weighted by Gasteiger charge is -2.27. The Kier molecular flexibility index (Phi) is 7.44. The van der Waals surface area contributed by atoms with E-state index in [0.29, 0.717) is 29.6 Å².